The lowest BCUT2D eigenvalue weighted by Crippen LogP contribution is -2.42. The van der Waals surface area contributed by atoms with Crippen molar-refractivity contribution in [3.05, 3.63) is 27.8 Å². The zero-order valence-corrected chi connectivity index (χ0v) is 25.5. The van der Waals surface area contributed by atoms with Crippen LogP contribution in [0.5, 0.6) is 0 Å². The molecule has 1 amide bonds. The molecule has 3 rings (SSSR count). The van der Waals surface area contributed by atoms with Gasteiger partial charge in [0.1, 0.15) is 4.60 Å². The second-order valence-corrected chi connectivity index (χ2v) is 13.2. The molecule has 0 spiro atoms. The third-order valence-corrected chi connectivity index (χ3v) is 9.57. The number of nitrogens with zero attached hydrogens (tertiary/aromatic N) is 1. The van der Waals surface area contributed by atoms with E-state index >= 15 is 0 Å². The van der Waals surface area contributed by atoms with Gasteiger partial charge in [-0.05, 0) is 81.4 Å². The highest BCUT2D eigenvalue weighted by Crippen LogP contribution is 2.43. The number of rotatable bonds is 11. The highest BCUT2D eigenvalue weighted by Gasteiger charge is 2.29. The summed E-state index contributed by atoms with van der Waals surface area (Å²) in [5.41, 5.74) is 0.805. The van der Waals surface area contributed by atoms with Crippen LogP contribution in [0.4, 0.5) is 10.5 Å². The van der Waals surface area contributed by atoms with E-state index in [2.05, 4.69) is 31.3 Å². The SMILES string of the molecule is CCNS(=O)(=O)c1cc(NC(=O)OC(C)C)ccc1-c1sc([C@H]2CC[C@H](NC(O)OC(C)C)CC2)nc1Br. The summed E-state index contributed by atoms with van der Waals surface area (Å²) in [6.07, 6.45) is 1.47. The Bertz CT molecular complexity index is 1200. The average Bonchev–Trinajstić information content (AvgIpc) is 3.19. The standard InChI is InChI=1S/C25H37BrN4O6S2/c1-6-27-38(33,34)20-13-18(29-25(32)36-15(4)5)11-12-19(20)21-22(26)30-23(37-21)16-7-9-17(10-8-16)28-24(31)35-14(2)3/h11-17,24,27-28,31H,6-10H2,1-5H3,(H,29,32)/t16-,17-,24?. The van der Waals surface area contributed by atoms with Crippen LogP contribution in [0, 0.1) is 0 Å². The van der Waals surface area contributed by atoms with Crippen LogP contribution >= 0.6 is 27.3 Å². The van der Waals surface area contributed by atoms with Gasteiger partial charge in [-0.15, -0.1) is 11.3 Å². The van der Waals surface area contributed by atoms with Crippen LogP contribution in [-0.2, 0) is 19.5 Å². The fourth-order valence-corrected chi connectivity index (χ4v) is 7.58. The molecule has 1 fully saturated rings. The van der Waals surface area contributed by atoms with E-state index in [1.165, 1.54) is 17.4 Å². The summed E-state index contributed by atoms with van der Waals surface area (Å²) in [6.45, 7) is 9.14. The number of carbonyl (C=O) groups is 1. The van der Waals surface area contributed by atoms with Crippen molar-refractivity contribution in [3.8, 4) is 10.4 Å². The normalized spacial score (nSPS) is 19.1. The number of nitrogens with one attached hydrogen (secondary N) is 3. The van der Waals surface area contributed by atoms with Crippen molar-refractivity contribution in [2.24, 2.45) is 0 Å². The van der Waals surface area contributed by atoms with Gasteiger partial charge in [-0.25, -0.2) is 22.9 Å². The van der Waals surface area contributed by atoms with Gasteiger partial charge in [0.25, 0.3) is 0 Å². The number of benzene rings is 1. The number of aromatic nitrogens is 1. The van der Waals surface area contributed by atoms with Crippen LogP contribution in [0.2, 0.25) is 0 Å². The molecule has 10 nitrogen and oxygen atoms in total. The predicted octanol–water partition coefficient (Wildman–Crippen LogP) is 5.14. The molecular formula is C25H37BrN4O6S2. The first-order chi connectivity index (χ1) is 17.9. The lowest BCUT2D eigenvalue weighted by Gasteiger charge is -2.30. The fraction of sp³-hybridized carbons (Fsp3) is 0.600. The van der Waals surface area contributed by atoms with Gasteiger partial charge in [0.15, 0.2) is 0 Å². The summed E-state index contributed by atoms with van der Waals surface area (Å²) in [7, 11) is -3.86. The van der Waals surface area contributed by atoms with Crippen molar-refractivity contribution < 1.29 is 27.8 Å². The number of aliphatic hydroxyl groups excluding tert-OH is 1. The molecule has 1 saturated carbocycles. The Balaban J connectivity index is 1.82. The molecule has 0 radical (unpaired) electrons. The maximum Gasteiger partial charge on any atom is 0.411 e. The Morgan fingerprint density at radius 2 is 1.87 bits per heavy atom. The summed E-state index contributed by atoms with van der Waals surface area (Å²) in [4.78, 5) is 17.6. The van der Waals surface area contributed by atoms with Gasteiger partial charge in [-0.2, -0.15) is 0 Å². The third kappa shape index (κ3) is 8.44. The van der Waals surface area contributed by atoms with Crippen LogP contribution in [0.15, 0.2) is 27.7 Å². The molecule has 0 aliphatic heterocycles. The smallest absolute Gasteiger partial charge is 0.411 e. The summed E-state index contributed by atoms with van der Waals surface area (Å²) < 4.78 is 39.9. The second kappa shape index (κ2) is 13.6. The molecule has 4 N–H and O–H groups in total. The minimum absolute atomic E-state index is 0.0460. The summed E-state index contributed by atoms with van der Waals surface area (Å²) >= 11 is 5.01. The minimum Gasteiger partial charge on any atom is -0.447 e. The van der Waals surface area contributed by atoms with Gasteiger partial charge < -0.3 is 14.6 Å². The second-order valence-electron chi connectivity index (χ2n) is 9.72. The molecule has 1 aromatic heterocycles. The number of thiazole rings is 1. The number of hydrogen-bond acceptors (Lipinski definition) is 9. The van der Waals surface area contributed by atoms with Crippen molar-refractivity contribution in [1.29, 1.82) is 0 Å². The van der Waals surface area contributed by atoms with Gasteiger partial charge >= 0.3 is 6.09 Å². The largest absolute Gasteiger partial charge is 0.447 e. The minimum atomic E-state index is -3.86. The highest BCUT2D eigenvalue weighted by molar-refractivity contribution is 9.10. The molecule has 1 atom stereocenters. The molecule has 1 aliphatic carbocycles. The zero-order chi connectivity index (χ0) is 28.0. The van der Waals surface area contributed by atoms with Crippen molar-refractivity contribution in [2.75, 3.05) is 11.9 Å². The van der Waals surface area contributed by atoms with Crippen molar-refractivity contribution in [1.82, 2.24) is 15.0 Å². The number of carbonyl (C=O) groups excluding carboxylic acids is 1. The predicted molar refractivity (Wildman–Crippen MR) is 152 cm³/mol. The van der Waals surface area contributed by atoms with Gasteiger partial charge in [0.2, 0.25) is 16.4 Å². The number of ether oxygens (including phenoxy) is 2. The number of sulfonamides is 1. The van der Waals surface area contributed by atoms with Crippen molar-refractivity contribution in [3.63, 3.8) is 0 Å². The topological polar surface area (TPSA) is 139 Å². The Labute approximate surface area is 237 Å². The molecule has 1 unspecified atom stereocenters. The van der Waals surface area contributed by atoms with Crippen LogP contribution in [0.3, 0.4) is 0 Å². The summed E-state index contributed by atoms with van der Waals surface area (Å²) in [5.74, 6) is 0.229. The number of anilines is 1. The van der Waals surface area contributed by atoms with Gasteiger partial charge in [-0.3, -0.25) is 10.6 Å². The first-order valence-electron chi connectivity index (χ1n) is 12.8. The summed E-state index contributed by atoms with van der Waals surface area (Å²) in [5, 5.41) is 16.7. The van der Waals surface area contributed by atoms with E-state index in [1.54, 1.807) is 32.9 Å². The van der Waals surface area contributed by atoms with E-state index in [0.717, 1.165) is 30.7 Å². The molecule has 0 bridgehead atoms. The summed E-state index contributed by atoms with van der Waals surface area (Å²) in [6, 6.07) is 4.91. The monoisotopic (exact) mass is 632 g/mol. The van der Waals surface area contributed by atoms with Crippen LogP contribution < -0.4 is 15.4 Å². The van der Waals surface area contributed by atoms with Crippen LogP contribution in [0.25, 0.3) is 10.4 Å². The molecule has 212 valence electrons. The van der Waals surface area contributed by atoms with E-state index < -0.39 is 22.5 Å². The maximum absolute atomic E-state index is 13.1. The zero-order valence-electron chi connectivity index (χ0n) is 22.3. The van der Waals surface area contributed by atoms with Crippen LogP contribution in [-0.4, -0.2) is 55.8 Å². The third-order valence-electron chi connectivity index (χ3n) is 5.90. The number of amides is 1. The molecular weight excluding hydrogens is 596 g/mol. The fourth-order valence-electron chi connectivity index (χ4n) is 4.30. The van der Waals surface area contributed by atoms with Gasteiger partial charge in [0, 0.05) is 29.8 Å². The quantitative estimate of drug-likeness (QED) is 0.250. The van der Waals surface area contributed by atoms with Crippen LogP contribution in [0.1, 0.15) is 71.2 Å². The molecule has 13 heteroatoms. The number of hydrogen-bond donors (Lipinski definition) is 4. The van der Waals surface area contributed by atoms with E-state index in [1.807, 2.05) is 13.8 Å². The Morgan fingerprint density at radius 3 is 2.47 bits per heavy atom. The van der Waals surface area contributed by atoms with E-state index in [9.17, 15) is 18.3 Å². The average molecular weight is 634 g/mol. The Kier molecular flexibility index (Phi) is 11.1. The Hall–Kier alpha value is -1.61. The van der Waals surface area contributed by atoms with E-state index in [4.69, 9.17) is 14.5 Å². The molecule has 1 aliphatic rings. The molecule has 0 saturated heterocycles. The first-order valence-corrected chi connectivity index (χ1v) is 15.9. The molecule has 2 aromatic rings. The van der Waals surface area contributed by atoms with Gasteiger partial charge in [-0.1, -0.05) is 13.0 Å². The molecule has 1 heterocycles. The maximum atomic E-state index is 13.1. The van der Waals surface area contributed by atoms with E-state index in [0.29, 0.717) is 20.7 Å². The number of halogens is 1. The molecule has 38 heavy (non-hydrogen) atoms. The van der Waals surface area contributed by atoms with E-state index in [-0.39, 0.29) is 35.6 Å². The van der Waals surface area contributed by atoms with Gasteiger partial charge in [0.05, 0.1) is 27.0 Å². The van der Waals surface area contributed by atoms with Crippen molar-refractivity contribution in [2.45, 2.75) is 95.8 Å². The highest BCUT2D eigenvalue weighted by atomic mass is 79.9. The number of aliphatic hydroxyl groups is 1. The Morgan fingerprint density at radius 1 is 1.18 bits per heavy atom. The lowest BCUT2D eigenvalue weighted by molar-refractivity contribution is -0.150. The molecule has 1 aromatic carbocycles. The lowest BCUT2D eigenvalue weighted by atomic mass is 9.86. The van der Waals surface area contributed by atoms with Crippen molar-refractivity contribution >= 4 is 49.1 Å². The first kappa shape index (κ1) is 30.9.